The number of amides is 2. The van der Waals surface area contributed by atoms with Crippen LogP contribution in [-0.2, 0) is 12.6 Å². The minimum Gasteiger partial charge on any atom is -0.371 e. The monoisotopic (exact) mass is 582 g/mol. The number of likely N-dealkylation sites (tertiary alicyclic amines) is 1. The molecule has 1 aromatic heterocycles. The van der Waals surface area contributed by atoms with E-state index in [1.54, 1.807) is 0 Å². The summed E-state index contributed by atoms with van der Waals surface area (Å²) in [6, 6.07) is 12.0. The summed E-state index contributed by atoms with van der Waals surface area (Å²) < 4.78 is 39.6. The third kappa shape index (κ3) is 5.52. The van der Waals surface area contributed by atoms with E-state index in [1.807, 2.05) is 47.6 Å². The predicted molar refractivity (Wildman–Crippen MR) is 150 cm³/mol. The molecule has 1 aliphatic carbocycles. The molecule has 214 valence electrons. The molecule has 0 bridgehead atoms. The van der Waals surface area contributed by atoms with Gasteiger partial charge in [-0.15, -0.1) is 0 Å². The number of halogens is 4. The highest BCUT2D eigenvalue weighted by Gasteiger charge is 2.42. The molecule has 2 amide bonds. The largest absolute Gasteiger partial charge is 0.416 e. The number of fused-ring (bicyclic) bond motifs is 1. The SMILES string of the molecule is O=C(NC1CCc2ccc(C(=O)N3CCC4(CCN(c5ccncc5)CC4)C3)cc21)c1cc(C(F)(F)F)ccc1Cl. The van der Waals surface area contributed by atoms with Crippen molar-refractivity contribution in [3.63, 3.8) is 0 Å². The number of piperidine rings is 1. The van der Waals surface area contributed by atoms with Crippen molar-refractivity contribution in [1.82, 2.24) is 15.2 Å². The van der Waals surface area contributed by atoms with Crippen molar-refractivity contribution in [2.75, 3.05) is 31.1 Å². The number of hydrogen-bond acceptors (Lipinski definition) is 4. The van der Waals surface area contributed by atoms with Crippen LogP contribution >= 0.6 is 11.6 Å². The molecule has 1 N–H and O–H groups in total. The maximum atomic E-state index is 13.6. The van der Waals surface area contributed by atoms with E-state index in [4.69, 9.17) is 11.6 Å². The van der Waals surface area contributed by atoms with Crippen LogP contribution in [0.2, 0.25) is 5.02 Å². The van der Waals surface area contributed by atoms with Gasteiger partial charge in [0.15, 0.2) is 0 Å². The van der Waals surface area contributed by atoms with E-state index in [-0.39, 0.29) is 21.9 Å². The van der Waals surface area contributed by atoms with E-state index in [1.165, 1.54) is 5.69 Å². The molecular weight excluding hydrogens is 553 g/mol. The zero-order valence-electron chi connectivity index (χ0n) is 22.4. The number of carbonyl (C=O) groups excluding carboxylic acids is 2. The Balaban J connectivity index is 1.12. The van der Waals surface area contributed by atoms with Crippen molar-refractivity contribution in [1.29, 1.82) is 0 Å². The Morgan fingerprint density at radius 1 is 0.976 bits per heavy atom. The second-order valence-electron chi connectivity index (χ2n) is 11.3. The van der Waals surface area contributed by atoms with Crippen molar-refractivity contribution in [2.24, 2.45) is 5.41 Å². The number of nitrogens with one attached hydrogen (secondary N) is 1. The Morgan fingerprint density at radius 2 is 1.71 bits per heavy atom. The minimum absolute atomic E-state index is 0.0286. The van der Waals surface area contributed by atoms with E-state index in [2.05, 4.69) is 15.2 Å². The van der Waals surface area contributed by atoms with Gasteiger partial charge in [0.05, 0.1) is 22.2 Å². The number of benzene rings is 2. The van der Waals surface area contributed by atoms with Crippen LogP contribution in [0, 0.1) is 5.41 Å². The summed E-state index contributed by atoms with van der Waals surface area (Å²) in [7, 11) is 0. The summed E-state index contributed by atoms with van der Waals surface area (Å²) in [6.45, 7) is 3.32. The summed E-state index contributed by atoms with van der Waals surface area (Å²) >= 11 is 6.08. The summed E-state index contributed by atoms with van der Waals surface area (Å²) in [5.41, 5.74) is 2.55. The van der Waals surface area contributed by atoms with Crippen LogP contribution < -0.4 is 10.2 Å². The Morgan fingerprint density at radius 3 is 2.44 bits per heavy atom. The van der Waals surface area contributed by atoms with E-state index in [0.29, 0.717) is 24.9 Å². The molecule has 3 aliphatic rings. The van der Waals surface area contributed by atoms with Gasteiger partial charge < -0.3 is 15.1 Å². The fourth-order valence-electron chi connectivity index (χ4n) is 6.49. The molecule has 0 radical (unpaired) electrons. The van der Waals surface area contributed by atoms with Gasteiger partial charge in [0.1, 0.15) is 0 Å². The van der Waals surface area contributed by atoms with Crippen LogP contribution in [-0.4, -0.2) is 47.9 Å². The molecule has 6 nitrogen and oxygen atoms in total. The second-order valence-corrected chi connectivity index (χ2v) is 11.7. The Kier molecular flexibility index (Phi) is 7.18. The Bertz CT molecular complexity index is 1470. The van der Waals surface area contributed by atoms with E-state index >= 15 is 0 Å². The lowest BCUT2D eigenvalue weighted by Crippen LogP contribution is -2.42. The third-order valence-corrected chi connectivity index (χ3v) is 9.22. The fraction of sp³-hybridized carbons (Fsp3) is 0.387. The first-order chi connectivity index (χ1) is 19.6. The number of alkyl halides is 3. The lowest BCUT2D eigenvalue weighted by molar-refractivity contribution is -0.137. The predicted octanol–water partition coefficient (Wildman–Crippen LogP) is 6.30. The van der Waals surface area contributed by atoms with Crippen LogP contribution in [0.15, 0.2) is 60.9 Å². The highest BCUT2D eigenvalue weighted by molar-refractivity contribution is 6.33. The standard InChI is InChI=1S/C31H30ClF3N4O2/c32-26-5-4-22(31(33,34)35)18-25(26)28(40)37-27-6-3-20-1-2-21(17-24(20)27)29(41)39-16-11-30(19-39)9-14-38(15-10-30)23-7-12-36-13-8-23/h1-2,4-5,7-8,12-13,17-18,27H,3,6,9-11,14-16,19H2,(H,37,40). The van der Waals surface area contributed by atoms with E-state index in [9.17, 15) is 22.8 Å². The molecule has 6 rings (SSSR count). The Labute approximate surface area is 241 Å². The van der Waals surface area contributed by atoms with Gasteiger partial charge >= 0.3 is 6.18 Å². The highest BCUT2D eigenvalue weighted by Crippen LogP contribution is 2.42. The molecule has 1 atom stereocenters. The van der Waals surface area contributed by atoms with Crippen LogP contribution in [0.3, 0.4) is 0 Å². The normalized spacial score (nSPS) is 19.9. The number of aromatic nitrogens is 1. The first kappa shape index (κ1) is 27.6. The maximum absolute atomic E-state index is 13.6. The molecule has 3 aromatic rings. The number of hydrogen-bond donors (Lipinski definition) is 1. The molecule has 41 heavy (non-hydrogen) atoms. The first-order valence-electron chi connectivity index (χ1n) is 13.9. The van der Waals surface area contributed by atoms with Crippen LogP contribution in [0.4, 0.5) is 18.9 Å². The molecule has 1 spiro atoms. The topological polar surface area (TPSA) is 65.5 Å². The second kappa shape index (κ2) is 10.7. The molecule has 10 heteroatoms. The smallest absolute Gasteiger partial charge is 0.371 e. The van der Waals surface area contributed by atoms with Crippen molar-refractivity contribution in [3.05, 3.63) is 93.8 Å². The lowest BCUT2D eigenvalue weighted by atomic mass is 9.77. The summed E-state index contributed by atoms with van der Waals surface area (Å²) in [5, 5.41) is 2.80. The van der Waals surface area contributed by atoms with Gasteiger partial charge in [-0.1, -0.05) is 17.7 Å². The van der Waals surface area contributed by atoms with Gasteiger partial charge in [0.2, 0.25) is 0 Å². The Hall–Kier alpha value is -3.59. The molecule has 2 fully saturated rings. The number of anilines is 1. The van der Waals surface area contributed by atoms with Gasteiger partial charge in [-0.05, 0) is 91.1 Å². The zero-order valence-corrected chi connectivity index (χ0v) is 23.1. The molecule has 0 saturated carbocycles. The van der Waals surface area contributed by atoms with Crippen LogP contribution in [0.5, 0.6) is 0 Å². The first-order valence-corrected chi connectivity index (χ1v) is 14.2. The molecule has 1 unspecified atom stereocenters. The van der Waals surface area contributed by atoms with Gasteiger partial charge in [0, 0.05) is 49.8 Å². The van der Waals surface area contributed by atoms with E-state index < -0.39 is 23.7 Å². The number of pyridine rings is 1. The molecule has 2 aromatic carbocycles. The third-order valence-electron chi connectivity index (χ3n) is 8.89. The molecule has 2 aliphatic heterocycles. The number of rotatable bonds is 4. The van der Waals surface area contributed by atoms with Crippen LogP contribution in [0.1, 0.15) is 69.1 Å². The highest BCUT2D eigenvalue weighted by atomic mass is 35.5. The number of nitrogens with zero attached hydrogens (tertiary/aromatic N) is 3. The average Bonchev–Trinajstić information content (AvgIpc) is 3.57. The zero-order chi connectivity index (χ0) is 28.8. The average molecular weight is 583 g/mol. The van der Waals surface area contributed by atoms with Gasteiger partial charge in [-0.2, -0.15) is 13.2 Å². The summed E-state index contributed by atoms with van der Waals surface area (Å²) in [6.07, 6.45) is 3.35. The van der Waals surface area contributed by atoms with Crippen molar-refractivity contribution < 1.29 is 22.8 Å². The van der Waals surface area contributed by atoms with E-state index in [0.717, 1.165) is 68.2 Å². The number of aryl methyl sites for hydroxylation is 1. The molecule has 2 saturated heterocycles. The quantitative estimate of drug-likeness (QED) is 0.392. The molecule has 3 heterocycles. The van der Waals surface area contributed by atoms with Crippen LogP contribution in [0.25, 0.3) is 0 Å². The summed E-state index contributed by atoms with van der Waals surface area (Å²) in [5.74, 6) is -0.700. The minimum atomic E-state index is -4.58. The van der Waals surface area contributed by atoms with Gasteiger partial charge in [-0.25, -0.2) is 0 Å². The van der Waals surface area contributed by atoms with Gasteiger partial charge in [-0.3, -0.25) is 14.6 Å². The lowest BCUT2D eigenvalue weighted by Gasteiger charge is -2.40. The molecular formula is C31H30ClF3N4O2. The van der Waals surface area contributed by atoms with Crippen molar-refractivity contribution in [2.45, 2.75) is 44.3 Å². The summed E-state index contributed by atoms with van der Waals surface area (Å²) in [4.78, 5) is 35.0. The van der Waals surface area contributed by atoms with Gasteiger partial charge in [0.25, 0.3) is 11.8 Å². The fourth-order valence-corrected chi connectivity index (χ4v) is 6.69. The maximum Gasteiger partial charge on any atom is 0.416 e. The van der Waals surface area contributed by atoms with Crippen molar-refractivity contribution >= 4 is 29.1 Å². The van der Waals surface area contributed by atoms with Crippen molar-refractivity contribution in [3.8, 4) is 0 Å². The number of carbonyl (C=O) groups is 2.